The molecule has 0 aliphatic heterocycles. The van der Waals surface area contributed by atoms with Crippen molar-refractivity contribution in [3.63, 3.8) is 0 Å². The topological polar surface area (TPSA) is 34.9 Å². The predicted octanol–water partition coefficient (Wildman–Crippen LogP) is 1.72. The van der Waals surface area contributed by atoms with Crippen LogP contribution in [0.2, 0.25) is 0 Å². The van der Waals surface area contributed by atoms with Crippen LogP contribution in [0.1, 0.15) is 31.9 Å². The van der Waals surface area contributed by atoms with Gasteiger partial charge in [0.2, 0.25) is 0 Å². The summed E-state index contributed by atoms with van der Waals surface area (Å²) in [7, 11) is 1.90. The van der Waals surface area contributed by atoms with Crippen LogP contribution in [0, 0.1) is 0 Å². The molecule has 0 unspecified atom stereocenters. The molecular weight excluding hydrogens is 164 g/mol. The molecule has 0 radical (unpaired) electrons. The van der Waals surface area contributed by atoms with Crippen molar-refractivity contribution in [2.24, 2.45) is 7.05 Å². The van der Waals surface area contributed by atoms with E-state index in [2.05, 4.69) is 5.10 Å². The number of nitrogens with zero attached hydrogens (tertiary/aromatic N) is 2. The Hall–Kier alpha value is -1.12. The van der Waals surface area contributed by atoms with Gasteiger partial charge in [0, 0.05) is 26.1 Å². The Morgan fingerprint density at radius 2 is 2.38 bits per heavy atom. The van der Waals surface area contributed by atoms with Crippen molar-refractivity contribution in [1.82, 2.24) is 9.78 Å². The molecule has 72 valence electrons. The van der Waals surface area contributed by atoms with Gasteiger partial charge in [0.05, 0.1) is 5.69 Å². The normalized spacial score (nSPS) is 10.3. The first-order valence-corrected chi connectivity index (χ1v) is 4.72. The minimum absolute atomic E-state index is 0.343. The van der Waals surface area contributed by atoms with Crippen molar-refractivity contribution in [3.05, 3.63) is 18.0 Å². The summed E-state index contributed by atoms with van der Waals surface area (Å²) in [6.45, 7) is 1.91. The molecule has 3 heteroatoms. The molecule has 0 aliphatic rings. The standard InChI is InChI=1S/C10H16N2O/c1-3-10(13)6-4-5-9-7-8-12(2)11-9/h7-8H,3-6H2,1-2H3. The summed E-state index contributed by atoms with van der Waals surface area (Å²) in [6.07, 6.45) is 5.10. The van der Waals surface area contributed by atoms with Crippen LogP contribution in [-0.4, -0.2) is 15.6 Å². The highest BCUT2D eigenvalue weighted by Crippen LogP contribution is 2.03. The second-order valence-electron chi connectivity index (χ2n) is 3.23. The first-order valence-electron chi connectivity index (χ1n) is 4.72. The molecule has 1 rings (SSSR count). The van der Waals surface area contributed by atoms with E-state index in [1.807, 2.05) is 26.2 Å². The molecular formula is C10H16N2O. The lowest BCUT2D eigenvalue weighted by Crippen LogP contribution is -1.97. The van der Waals surface area contributed by atoms with E-state index in [1.165, 1.54) is 0 Å². The van der Waals surface area contributed by atoms with Crippen LogP contribution >= 0.6 is 0 Å². The molecule has 3 nitrogen and oxygen atoms in total. The van der Waals surface area contributed by atoms with E-state index >= 15 is 0 Å². The molecule has 1 aromatic heterocycles. The van der Waals surface area contributed by atoms with Crippen LogP contribution in [0.3, 0.4) is 0 Å². The lowest BCUT2D eigenvalue weighted by molar-refractivity contribution is -0.118. The third kappa shape index (κ3) is 3.40. The van der Waals surface area contributed by atoms with Gasteiger partial charge in [-0.2, -0.15) is 5.10 Å². The zero-order valence-corrected chi connectivity index (χ0v) is 8.29. The summed E-state index contributed by atoms with van der Waals surface area (Å²) in [6, 6.07) is 2.00. The number of rotatable bonds is 5. The lowest BCUT2D eigenvalue weighted by atomic mass is 10.1. The van der Waals surface area contributed by atoms with Gasteiger partial charge in [-0.1, -0.05) is 6.92 Å². The Morgan fingerprint density at radius 1 is 1.62 bits per heavy atom. The van der Waals surface area contributed by atoms with Crippen molar-refractivity contribution in [1.29, 1.82) is 0 Å². The van der Waals surface area contributed by atoms with Gasteiger partial charge in [0.15, 0.2) is 0 Å². The molecule has 1 heterocycles. The summed E-state index contributed by atoms with van der Waals surface area (Å²) in [4.78, 5) is 11.0. The third-order valence-electron chi connectivity index (χ3n) is 2.05. The summed E-state index contributed by atoms with van der Waals surface area (Å²) in [5.41, 5.74) is 1.08. The number of aromatic nitrogens is 2. The van der Waals surface area contributed by atoms with E-state index in [0.717, 1.165) is 18.5 Å². The number of carbonyl (C=O) groups is 1. The van der Waals surface area contributed by atoms with Crippen molar-refractivity contribution in [2.45, 2.75) is 32.6 Å². The Balaban J connectivity index is 2.24. The average molecular weight is 180 g/mol. The van der Waals surface area contributed by atoms with Crippen LogP contribution in [-0.2, 0) is 18.3 Å². The third-order valence-corrected chi connectivity index (χ3v) is 2.05. The van der Waals surface area contributed by atoms with E-state index < -0.39 is 0 Å². The lowest BCUT2D eigenvalue weighted by Gasteiger charge is -1.95. The maximum atomic E-state index is 11.0. The van der Waals surface area contributed by atoms with Crippen molar-refractivity contribution >= 4 is 5.78 Å². The first-order chi connectivity index (χ1) is 6.22. The maximum Gasteiger partial charge on any atom is 0.132 e. The number of hydrogen-bond donors (Lipinski definition) is 0. The fourth-order valence-corrected chi connectivity index (χ4v) is 1.24. The minimum Gasteiger partial charge on any atom is -0.300 e. The van der Waals surface area contributed by atoms with Gasteiger partial charge < -0.3 is 0 Å². The van der Waals surface area contributed by atoms with Gasteiger partial charge in [-0.3, -0.25) is 9.48 Å². The predicted molar refractivity (Wildman–Crippen MR) is 51.4 cm³/mol. The summed E-state index contributed by atoms with van der Waals surface area (Å²) >= 11 is 0. The van der Waals surface area contributed by atoms with Gasteiger partial charge >= 0.3 is 0 Å². The van der Waals surface area contributed by atoms with Crippen LogP contribution in [0.4, 0.5) is 0 Å². The van der Waals surface area contributed by atoms with Crippen molar-refractivity contribution < 1.29 is 4.79 Å². The number of aryl methyl sites for hydroxylation is 2. The van der Waals surface area contributed by atoms with E-state index in [1.54, 1.807) is 4.68 Å². The molecule has 0 saturated carbocycles. The second kappa shape index (κ2) is 4.80. The van der Waals surface area contributed by atoms with Crippen LogP contribution in [0.25, 0.3) is 0 Å². The van der Waals surface area contributed by atoms with Crippen LogP contribution in [0.5, 0.6) is 0 Å². The fraction of sp³-hybridized carbons (Fsp3) is 0.600. The Bertz CT molecular complexity index is 278. The molecule has 0 amide bonds. The van der Waals surface area contributed by atoms with Crippen LogP contribution in [0.15, 0.2) is 12.3 Å². The fourth-order valence-electron chi connectivity index (χ4n) is 1.24. The molecule has 0 spiro atoms. The Morgan fingerprint density at radius 3 is 2.92 bits per heavy atom. The zero-order chi connectivity index (χ0) is 9.68. The summed E-state index contributed by atoms with van der Waals surface area (Å²) < 4.78 is 1.79. The van der Waals surface area contributed by atoms with Gasteiger partial charge in [0.1, 0.15) is 5.78 Å². The van der Waals surface area contributed by atoms with E-state index in [9.17, 15) is 4.79 Å². The smallest absolute Gasteiger partial charge is 0.132 e. The molecule has 0 aliphatic carbocycles. The molecule has 0 aromatic carbocycles. The SMILES string of the molecule is CCC(=O)CCCc1ccn(C)n1. The van der Waals surface area contributed by atoms with Gasteiger partial charge in [-0.15, -0.1) is 0 Å². The number of Topliss-reactive ketones (excluding diaryl/α,β-unsaturated/α-hetero) is 1. The number of ketones is 1. The highest BCUT2D eigenvalue weighted by atomic mass is 16.1. The summed E-state index contributed by atoms with van der Waals surface area (Å²) in [5, 5.41) is 4.24. The first kappa shape index (κ1) is 9.96. The second-order valence-corrected chi connectivity index (χ2v) is 3.23. The molecule has 1 aromatic rings. The quantitative estimate of drug-likeness (QED) is 0.691. The average Bonchev–Trinajstić information content (AvgIpc) is 2.51. The monoisotopic (exact) mass is 180 g/mol. The van der Waals surface area contributed by atoms with E-state index in [0.29, 0.717) is 18.6 Å². The molecule has 0 saturated heterocycles. The number of hydrogen-bond acceptors (Lipinski definition) is 2. The van der Waals surface area contributed by atoms with Crippen LogP contribution < -0.4 is 0 Å². The maximum absolute atomic E-state index is 11.0. The van der Waals surface area contributed by atoms with E-state index in [-0.39, 0.29) is 0 Å². The van der Waals surface area contributed by atoms with Gasteiger partial charge in [0.25, 0.3) is 0 Å². The molecule has 0 N–H and O–H groups in total. The molecule has 0 atom stereocenters. The highest BCUT2D eigenvalue weighted by Gasteiger charge is 2.00. The van der Waals surface area contributed by atoms with Gasteiger partial charge in [-0.05, 0) is 18.9 Å². The van der Waals surface area contributed by atoms with E-state index in [4.69, 9.17) is 0 Å². The minimum atomic E-state index is 0.343. The highest BCUT2D eigenvalue weighted by molar-refractivity contribution is 5.77. The molecule has 13 heavy (non-hydrogen) atoms. The Labute approximate surface area is 78.8 Å². The largest absolute Gasteiger partial charge is 0.300 e. The van der Waals surface area contributed by atoms with Crippen molar-refractivity contribution in [2.75, 3.05) is 0 Å². The summed E-state index contributed by atoms with van der Waals surface area (Å²) in [5.74, 6) is 0.343. The van der Waals surface area contributed by atoms with Crippen molar-refractivity contribution in [3.8, 4) is 0 Å². The molecule has 0 bridgehead atoms. The number of carbonyl (C=O) groups excluding carboxylic acids is 1. The Kier molecular flexibility index (Phi) is 3.68. The molecule has 0 fully saturated rings. The zero-order valence-electron chi connectivity index (χ0n) is 8.29. The van der Waals surface area contributed by atoms with Gasteiger partial charge in [-0.25, -0.2) is 0 Å².